The van der Waals surface area contributed by atoms with Crippen LogP contribution in [0.1, 0.15) is 36.6 Å². The quantitative estimate of drug-likeness (QED) is 0.704. The topological polar surface area (TPSA) is 85.8 Å². The highest BCUT2D eigenvalue weighted by molar-refractivity contribution is 5.85. The third-order valence-corrected chi connectivity index (χ3v) is 3.92. The highest BCUT2D eigenvalue weighted by Gasteiger charge is 2.09. The lowest BCUT2D eigenvalue weighted by Crippen LogP contribution is -2.23. The van der Waals surface area contributed by atoms with Crippen molar-refractivity contribution >= 4 is 22.8 Å². The van der Waals surface area contributed by atoms with Crippen LogP contribution in [-0.2, 0) is 11.8 Å². The van der Waals surface area contributed by atoms with Gasteiger partial charge in [0.2, 0.25) is 5.91 Å². The number of nitrogens with one attached hydrogen (secondary N) is 1. The standard InChI is InChI=1S/C19H19N5O/c1-12(23-13(2)25)15-6-4-5-14(9-15)7-8-16-18-17(10-21-19(16)20)22-11-24(18)3/h4-6,9-12H,1-3H3,(H2,20,21)(H,23,25). The van der Waals surface area contributed by atoms with Gasteiger partial charge in [-0.05, 0) is 24.6 Å². The zero-order valence-electron chi connectivity index (χ0n) is 14.4. The average Bonchev–Trinajstić information content (AvgIpc) is 2.95. The molecule has 6 nitrogen and oxygen atoms in total. The fourth-order valence-electron chi connectivity index (χ4n) is 2.70. The number of carbonyl (C=O) groups is 1. The van der Waals surface area contributed by atoms with Gasteiger partial charge in [-0.2, -0.15) is 0 Å². The maximum Gasteiger partial charge on any atom is 0.217 e. The number of aryl methyl sites for hydroxylation is 1. The number of amides is 1. The number of carbonyl (C=O) groups excluding carboxylic acids is 1. The molecule has 1 amide bonds. The Morgan fingerprint density at radius 1 is 1.32 bits per heavy atom. The average molecular weight is 333 g/mol. The summed E-state index contributed by atoms with van der Waals surface area (Å²) in [6.07, 6.45) is 3.36. The molecular weight excluding hydrogens is 314 g/mol. The van der Waals surface area contributed by atoms with Crippen molar-refractivity contribution in [3.8, 4) is 11.8 Å². The number of nitrogens with two attached hydrogens (primary N) is 1. The van der Waals surface area contributed by atoms with Crippen molar-refractivity contribution < 1.29 is 4.79 Å². The zero-order chi connectivity index (χ0) is 18.0. The number of rotatable bonds is 2. The monoisotopic (exact) mass is 333 g/mol. The van der Waals surface area contributed by atoms with E-state index in [1.165, 1.54) is 6.92 Å². The lowest BCUT2D eigenvalue weighted by Gasteiger charge is -2.12. The van der Waals surface area contributed by atoms with E-state index >= 15 is 0 Å². The van der Waals surface area contributed by atoms with Crippen LogP contribution in [0.25, 0.3) is 11.0 Å². The second-order valence-corrected chi connectivity index (χ2v) is 5.91. The molecular formula is C19H19N5O. The van der Waals surface area contributed by atoms with Crippen LogP contribution in [0.5, 0.6) is 0 Å². The minimum absolute atomic E-state index is 0.0641. The lowest BCUT2D eigenvalue weighted by atomic mass is 10.0. The number of fused-ring (bicyclic) bond motifs is 1. The molecule has 2 aromatic heterocycles. The Kier molecular flexibility index (Phi) is 4.40. The van der Waals surface area contributed by atoms with Gasteiger partial charge in [-0.25, -0.2) is 9.97 Å². The van der Waals surface area contributed by atoms with E-state index < -0.39 is 0 Å². The third-order valence-electron chi connectivity index (χ3n) is 3.92. The summed E-state index contributed by atoms with van der Waals surface area (Å²) in [5.74, 6) is 6.57. The molecule has 0 fully saturated rings. The van der Waals surface area contributed by atoms with Gasteiger partial charge in [0.05, 0.1) is 29.6 Å². The number of hydrogen-bond acceptors (Lipinski definition) is 4. The van der Waals surface area contributed by atoms with E-state index in [1.54, 1.807) is 12.5 Å². The van der Waals surface area contributed by atoms with Crippen LogP contribution in [-0.4, -0.2) is 20.4 Å². The summed E-state index contributed by atoms with van der Waals surface area (Å²) in [4.78, 5) is 19.7. The first-order valence-corrected chi connectivity index (χ1v) is 7.90. The minimum atomic E-state index is -0.0773. The van der Waals surface area contributed by atoms with E-state index in [-0.39, 0.29) is 11.9 Å². The lowest BCUT2D eigenvalue weighted by molar-refractivity contribution is -0.119. The predicted molar refractivity (Wildman–Crippen MR) is 97.6 cm³/mol. The highest BCUT2D eigenvalue weighted by Crippen LogP contribution is 2.20. The van der Waals surface area contributed by atoms with E-state index in [0.29, 0.717) is 11.4 Å². The van der Waals surface area contributed by atoms with Crippen molar-refractivity contribution in [2.75, 3.05) is 5.73 Å². The van der Waals surface area contributed by atoms with E-state index in [0.717, 1.165) is 22.2 Å². The number of nitrogen functional groups attached to an aromatic ring is 1. The molecule has 0 radical (unpaired) electrons. The summed E-state index contributed by atoms with van der Waals surface area (Å²) in [6.45, 7) is 3.44. The Morgan fingerprint density at radius 3 is 2.88 bits per heavy atom. The smallest absolute Gasteiger partial charge is 0.217 e. The Labute approximate surface area is 146 Å². The summed E-state index contributed by atoms with van der Waals surface area (Å²) in [5, 5.41) is 2.87. The first-order valence-electron chi connectivity index (χ1n) is 7.90. The van der Waals surface area contributed by atoms with Gasteiger partial charge in [0.1, 0.15) is 11.3 Å². The van der Waals surface area contributed by atoms with Crippen LogP contribution in [0.4, 0.5) is 5.82 Å². The molecule has 2 heterocycles. The molecule has 1 aromatic carbocycles. The summed E-state index contributed by atoms with van der Waals surface area (Å²) in [5.41, 5.74) is 10.1. The van der Waals surface area contributed by atoms with Crippen molar-refractivity contribution in [2.24, 2.45) is 7.05 Å². The van der Waals surface area contributed by atoms with Gasteiger partial charge < -0.3 is 15.6 Å². The molecule has 0 aliphatic carbocycles. The first kappa shape index (κ1) is 16.5. The van der Waals surface area contributed by atoms with Crippen molar-refractivity contribution in [1.82, 2.24) is 19.9 Å². The Bertz CT molecular complexity index is 1010. The number of imidazole rings is 1. The summed E-state index contributed by atoms with van der Waals surface area (Å²) in [6, 6.07) is 7.68. The van der Waals surface area contributed by atoms with Crippen LogP contribution < -0.4 is 11.1 Å². The molecule has 0 aliphatic rings. The Balaban J connectivity index is 1.99. The van der Waals surface area contributed by atoms with Crippen molar-refractivity contribution in [2.45, 2.75) is 19.9 Å². The third kappa shape index (κ3) is 3.45. The summed E-state index contributed by atoms with van der Waals surface area (Å²) in [7, 11) is 1.90. The minimum Gasteiger partial charge on any atom is -0.383 e. The molecule has 0 saturated carbocycles. The summed E-state index contributed by atoms with van der Waals surface area (Å²) < 4.78 is 1.88. The van der Waals surface area contributed by atoms with E-state index in [9.17, 15) is 4.79 Å². The van der Waals surface area contributed by atoms with Gasteiger partial charge in [-0.3, -0.25) is 4.79 Å². The first-order chi connectivity index (χ1) is 12.0. The van der Waals surface area contributed by atoms with Crippen molar-refractivity contribution in [1.29, 1.82) is 0 Å². The number of anilines is 1. The van der Waals surface area contributed by atoms with Gasteiger partial charge >= 0.3 is 0 Å². The number of hydrogen-bond donors (Lipinski definition) is 2. The molecule has 6 heteroatoms. The van der Waals surface area contributed by atoms with E-state index in [4.69, 9.17) is 5.73 Å². The van der Waals surface area contributed by atoms with Gasteiger partial charge in [-0.1, -0.05) is 24.0 Å². The molecule has 3 rings (SSSR count). The molecule has 25 heavy (non-hydrogen) atoms. The molecule has 1 unspecified atom stereocenters. The second kappa shape index (κ2) is 6.65. The highest BCUT2D eigenvalue weighted by atomic mass is 16.1. The van der Waals surface area contributed by atoms with E-state index in [1.807, 2.05) is 42.8 Å². The summed E-state index contributed by atoms with van der Waals surface area (Å²) >= 11 is 0. The van der Waals surface area contributed by atoms with Gasteiger partial charge in [0.15, 0.2) is 0 Å². The molecule has 0 bridgehead atoms. The zero-order valence-corrected chi connectivity index (χ0v) is 14.4. The molecule has 0 spiro atoms. The van der Waals surface area contributed by atoms with Gasteiger partial charge in [-0.15, -0.1) is 0 Å². The number of pyridine rings is 1. The second-order valence-electron chi connectivity index (χ2n) is 5.91. The maximum absolute atomic E-state index is 11.2. The molecule has 3 aromatic rings. The van der Waals surface area contributed by atoms with Crippen LogP contribution in [0, 0.1) is 11.8 Å². The Hall–Kier alpha value is -3.33. The van der Waals surface area contributed by atoms with Crippen LogP contribution in [0.15, 0.2) is 36.8 Å². The predicted octanol–water partition coefficient (Wildman–Crippen LogP) is 2.15. The number of aromatic nitrogens is 3. The molecule has 3 N–H and O–H groups in total. The normalized spacial score (nSPS) is 11.6. The fraction of sp³-hybridized carbons (Fsp3) is 0.211. The molecule has 1 atom stereocenters. The molecule has 0 saturated heterocycles. The van der Waals surface area contributed by atoms with E-state index in [2.05, 4.69) is 27.1 Å². The molecule has 0 aliphatic heterocycles. The van der Waals surface area contributed by atoms with Crippen LogP contribution >= 0.6 is 0 Å². The fourth-order valence-corrected chi connectivity index (χ4v) is 2.70. The number of benzene rings is 1. The van der Waals surface area contributed by atoms with Gasteiger partial charge in [0.25, 0.3) is 0 Å². The maximum atomic E-state index is 11.2. The Morgan fingerprint density at radius 2 is 2.12 bits per heavy atom. The molecule has 126 valence electrons. The SMILES string of the molecule is CC(=O)NC(C)c1cccc(C#Cc2c(N)ncc3ncn(C)c23)c1. The number of nitrogens with zero attached hydrogens (tertiary/aromatic N) is 3. The van der Waals surface area contributed by atoms with Gasteiger partial charge in [0, 0.05) is 19.5 Å². The van der Waals surface area contributed by atoms with Crippen LogP contribution in [0.3, 0.4) is 0 Å². The van der Waals surface area contributed by atoms with Crippen molar-refractivity contribution in [3.05, 3.63) is 53.5 Å². The van der Waals surface area contributed by atoms with Crippen LogP contribution in [0.2, 0.25) is 0 Å². The largest absolute Gasteiger partial charge is 0.383 e. The van der Waals surface area contributed by atoms with Crippen molar-refractivity contribution in [3.63, 3.8) is 0 Å².